The summed E-state index contributed by atoms with van der Waals surface area (Å²) in [6.07, 6.45) is 7.01. The normalized spacial score (nSPS) is 28.4. The number of nitrogens with two attached hydrogens (primary N) is 1. The van der Waals surface area contributed by atoms with Crippen molar-refractivity contribution in [3.63, 3.8) is 0 Å². The standard InChI is InChI=1S/C12H22N2O2/c13-7-6-11-8-16-9-12(15)14(11)10-4-2-1-3-5-10/h10-11H,1-9,13H2. The van der Waals surface area contributed by atoms with E-state index in [9.17, 15) is 4.79 Å². The number of carbonyl (C=O) groups excluding carboxylic acids is 1. The van der Waals surface area contributed by atoms with Gasteiger partial charge in [-0.25, -0.2) is 0 Å². The van der Waals surface area contributed by atoms with Gasteiger partial charge in [-0.1, -0.05) is 19.3 Å². The second-order valence-corrected chi connectivity index (χ2v) is 4.84. The SMILES string of the molecule is NCCC1COCC(=O)N1C1CCCCC1. The van der Waals surface area contributed by atoms with Gasteiger partial charge in [0.1, 0.15) is 6.61 Å². The zero-order chi connectivity index (χ0) is 11.4. The molecule has 1 amide bonds. The highest BCUT2D eigenvalue weighted by Gasteiger charge is 2.34. The van der Waals surface area contributed by atoms with Crippen molar-refractivity contribution in [2.24, 2.45) is 5.73 Å². The van der Waals surface area contributed by atoms with Crippen LogP contribution in [0.4, 0.5) is 0 Å². The van der Waals surface area contributed by atoms with Gasteiger partial charge in [-0.05, 0) is 25.8 Å². The minimum Gasteiger partial charge on any atom is -0.369 e. The van der Waals surface area contributed by atoms with Gasteiger partial charge in [0.25, 0.3) is 0 Å². The van der Waals surface area contributed by atoms with Crippen molar-refractivity contribution in [1.82, 2.24) is 4.90 Å². The summed E-state index contributed by atoms with van der Waals surface area (Å²) in [6.45, 7) is 1.56. The third-order valence-corrected chi connectivity index (χ3v) is 3.69. The van der Waals surface area contributed by atoms with E-state index in [1.165, 1.54) is 19.3 Å². The number of rotatable bonds is 3. The van der Waals surface area contributed by atoms with Gasteiger partial charge in [-0.2, -0.15) is 0 Å². The molecule has 1 aliphatic heterocycles. The molecule has 4 heteroatoms. The van der Waals surface area contributed by atoms with Crippen LogP contribution < -0.4 is 5.73 Å². The Balaban J connectivity index is 2.02. The number of hydrogen-bond acceptors (Lipinski definition) is 3. The van der Waals surface area contributed by atoms with Crippen molar-refractivity contribution in [1.29, 1.82) is 0 Å². The van der Waals surface area contributed by atoms with E-state index in [4.69, 9.17) is 10.5 Å². The summed E-state index contributed by atoms with van der Waals surface area (Å²) in [7, 11) is 0. The topological polar surface area (TPSA) is 55.6 Å². The smallest absolute Gasteiger partial charge is 0.249 e. The van der Waals surface area contributed by atoms with Gasteiger partial charge in [0.2, 0.25) is 5.91 Å². The lowest BCUT2D eigenvalue weighted by Crippen LogP contribution is -2.55. The van der Waals surface area contributed by atoms with Crippen LogP contribution in [0.3, 0.4) is 0 Å². The molecule has 2 N–H and O–H groups in total. The van der Waals surface area contributed by atoms with Gasteiger partial charge in [0, 0.05) is 6.04 Å². The Labute approximate surface area is 97.1 Å². The molecule has 1 aliphatic carbocycles. The van der Waals surface area contributed by atoms with Crippen molar-refractivity contribution < 1.29 is 9.53 Å². The van der Waals surface area contributed by atoms with Crippen molar-refractivity contribution in [3.05, 3.63) is 0 Å². The predicted molar refractivity (Wildman–Crippen MR) is 62.0 cm³/mol. The van der Waals surface area contributed by atoms with Crippen LogP contribution in [0.2, 0.25) is 0 Å². The lowest BCUT2D eigenvalue weighted by atomic mass is 9.92. The van der Waals surface area contributed by atoms with Crippen molar-refractivity contribution >= 4 is 5.91 Å². The third-order valence-electron chi connectivity index (χ3n) is 3.69. The summed E-state index contributed by atoms with van der Waals surface area (Å²) >= 11 is 0. The summed E-state index contributed by atoms with van der Waals surface area (Å²) in [5, 5.41) is 0. The van der Waals surface area contributed by atoms with Crippen molar-refractivity contribution in [2.75, 3.05) is 19.8 Å². The number of carbonyl (C=O) groups is 1. The van der Waals surface area contributed by atoms with Crippen LogP contribution in [-0.4, -0.2) is 42.6 Å². The molecule has 1 atom stereocenters. The van der Waals surface area contributed by atoms with E-state index in [0.29, 0.717) is 19.2 Å². The van der Waals surface area contributed by atoms with E-state index >= 15 is 0 Å². The first-order valence-electron chi connectivity index (χ1n) is 6.42. The highest BCUT2D eigenvalue weighted by molar-refractivity contribution is 5.78. The Kier molecular flexibility index (Phi) is 4.18. The van der Waals surface area contributed by atoms with E-state index in [1.807, 2.05) is 0 Å². The molecule has 92 valence electrons. The predicted octanol–water partition coefficient (Wildman–Crippen LogP) is 0.895. The molecule has 0 aromatic carbocycles. The fourth-order valence-electron chi connectivity index (χ4n) is 2.92. The third kappa shape index (κ3) is 2.55. The average molecular weight is 226 g/mol. The maximum absolute atomic E-state index is 11.9. The van der Waals surface area contributed by atoms with Gasteiger partial charge < -0.3 is 15.4 Å². The molecule has 0 aromatic heterocycles. The van der Waals surface area contributed by atoms with Crippen LogP contribution in [0, 0.1) is 0 Å². The van der Waals surface area contributed by atoms with E-state index < -0.39 is 0 Å². The van der Waals surface area contributed by atoms with Crippen molar-refractivity contribution in [3.8, 4) is 0 Å². The lowest BCUT2D eigenvalue weighted by Gasteiger charge is -2.42. The maximum atomic E-state index is 11.9. The summed E-state index contributed by atoms with van der Waals surface area (Å²) < 4.78 is 5.32. The minimum atomic E-state index is 0.164. The van der Waals surface area contributed by atoms with Crippen LogP contribution in [0.5, 0.6) is 0 Å². The fourth-order valence-corrected chi connectivity index (χ4v) is 2.92. The molecule has 1 unspecified atom stereocenters. The van der Waals surface area contributed by atoms with E-state index in [-0.39, 0.29) is 18.6 Å². The second-order valence-electron chi connectivity index (χ2n) is 4.84. The molecule has 1 heterocycles. The summed E-state index contributed by atoms with van der Waals surface area (Å²) in [6, 6.07) is 0.663. The molecule has 2 aliphatic rings. The van der Waals surface area contributed by atoms with Gasteiger partial charge >= 0.3 is 0 Å². The molecule has 2 rings (SSSR count). The first kappa shape index (κ1) is 11.9. The van der Waals surface area contributed by atoms with Gasteiger partial charge in [-0.3, -0.25) is 4.79 Å². The molecule has 2 fully saturated rings. The highest BCUT2D eigenvalue weighted by atomic mass is 16.5. The molecule has 0 spiro atoms. The monoisotopic (exact) mass is 226 g/mol. The molecular weight excluding hydrogens is 204 g/mol. The van der Waals surface area contributed by atoms with Crippen LogP contribution in [0.25, 0.3) is 0 Å². The number of hydrogen-bond donors (Lipinski definition) is 1. The molecule has 4 nitrogen and oxygen atoms in total. The molecular formula is C12H22N2O2. The molecule has 1 saturated heterocycles. The van der Waals surface area contributed by atoms with Gasteiger partial charge in [0.15, 0.2) is 0 Å². The van der Waals surface area contributed by atoms with Crippen LogP contribution >= 0.6 is 0 Å². The highest BCUT2D eigenvalue weighted by Crippen LogP contribution is 2.26. The van der Waals surface area contributed by atoms with Gasteiger partial charge in [-0.15, -0.1) is 0 Å². The van der Waals surface area contributed by atoms with E-state index in [0.717, 1.165) is 19.3 Å². The number of nitrogens with zero attached hydrogens (tertiary/aromatic N) is 1. The largest absolute Gasteiger partial charge is 0.369 e. The number of ether oxygens (including phenoxy) is 1. The van der Waals surface area contributed by atoms with Crippen LogP contribution in [-0.2, 0) is 9.53 Å². The summed E-state index contributed by atoms with van der Waals surface area (Å²) in [5.74, 6) is 0.164. The van der Waals surface area contributed by atoms with Crippen molar-refractivity contribution in [2.45, 2.75) is 50.6 Å². The van der Waals surface area contributed by atoms with Crippen LogP contribution in [0.1, 0.15) is 38.5 Å². The molecule has 0 bridgehead atoms. The Hall–Kier alpha value is -0.610. The number of morpholine rings is 1. The minimum absolute atomic E-state index is 0.164. The molecule has 1 saturated carbocycles. The van der Waals surface area contributed by atoms with Gasteiger partial charge in [0.05, 0.1) is 12.6 Å². The Morgan fingerprint density at radius 2 is 2.06 bits per heavy atom. The van der Waals surface area contributed by atoms with E-state index in [2.05, 4.69) is 4.90 Å². The summed E-state index contributed by atoms with van der Waals surface area (Å²) in [5.41, 5.74) is 5.60. The summed E-state index contributed by atoms with van der Waals surface area (Å²) in [4.78, 5) is 14.0. The Bertz CT molecular complexity index is 229. The van der Waals surface area contributed by atoms with E-state index in [1.54, 1.807) is 0 Å². The first-order chi connectivity index (χ1) is 7.83. The van der Waals surface area contributed by atoms with Crippen LogP contribution in [0.15, 0.2) is 0 Å². The first-order valence-corrected chi connectivity index (χ1v) is 6.42. The molecule has 0 aromatic rings. The number of amides is 1. The zero-order valence-electron chi connectivity index (χ0n) is 9.86. The Morgan fingerprint density at radius 3 is 2.75 bits per heavy atom. The Morgan fingerprint density at radius 1 is 1.31 bits per heavy atom. The molecule has 16 heavy (non-hydrogen) atoms. The molecule has 0 radical (unpaired) electrons. The quantitative estimate of drug-likeness (QED) is 0.777. The average Bonchev–Trinajstić information content (AvgIpc) is 2.31. The fraction of sp³-hybridized carbons (Fsp3) is 0.917. The zero-order valence-corrected chi connectivity index (χ0v) is 9.86. The second kappa shape index (κ2) is 5.64. The maximum Gasteiger partial charge on any atom is 0.249 e. The lowest BCUT2D eigenvalue weighted by molar-refractivity contribution is -0.153.